The minimum Gasteiger partial charge on any atom is -0.353 e. The molecule has 6 atom stereocenters. The quantitative estimate of drug-likeness (QED) is 0.738. The second-order valence-corrected chi connectivity index (χ2v) is 7.34. The molecule has 0 heterocycles. The van der Waals surface area contributed by atoms with Crippen molar-refractivity contribution in [1.82, 2.24) is 5.32 Å². The third kappa shape index (κ3) is 0.613. The van der Waals surface area contributed by atoms with Gasteiger partial charge < -0.3 is 5.32 Å². The highest BCUT2D eigenvalue weighted by atomic mass is 16.2. The van der Waals surface area contributed by atoms with Crippen LogP contribution in [0.15, 0.2) is 0 Å². The summed E-state index contributed by atoms with van der Waals surface area (Å²) in [5, 5.41) is 3.23. The van der Waals surface area contributed by atoms with Crippen LogP contribution in [0, 0.1) is 53.3 Å². The third-order valence-electron chi connectivity index (χ3n) is 6.96. The van der Waals surface area contributed by atoms with Gasteiger partial charge in [0, 0.05) is 12.0 Å². The Morgan fingerprint density at radius 1 is 0.875 bits per heavy atom. The van der Waals surface area contributed by atoms with Gasteiger partial charge >= 0.3 is 0 Å². The highest BCUT2D eigenvalue weighted by Gasteiger charge is 2.87. The highest BCUT2D eigenvalue weighted by Crippen LogP contribution is 2.89. The Morgan fingerprint density at radius 2 is 1.44 bits per heavy atom. The molecule has 0 radical (unpaired) electrons. The fourth-order valence-corrected chi connectivity index (χ4v) is 6.59. The average Bonchev–Trinajstić information content (AvgIpc) is 3.22. The fraction of sp³-hybridized carbons (Fsp3) is 0.929. The van der Waals surface area contributed by atoms with Crippen molar-refractivity contribution in [2.75, 3.05) is 0 Å². The zero-order valence-corrected chi connectivity index (χ0v) is 9.30. The van der Waals surface area contributed by atoms with Crippen molar-refractivity contribution in [3.8, 4) is 0 Å². The molecule has 2 heteroatoms. The number of hydrogen-bond donors (Lipinski definition) is 1. The fourth-order valence-electron chi connectivity index (χ4n) is 6.59. The van der Waals surface area contributed by atoms with E-state index in [1.807, 2.05) is 0 Å². The topological polar surface area (TPSA) is 29.1 Å². The summed E-state index contributed by atoms with van der Waals surface area (Å²) in [6.45, 7) is 0. The monoisotopic (exact) mass is 215 g/mol. The van der Waals surface area contributed by atoms with E-state index in [4.69, 9.17) is 0 Å². The van der Waals surface area contributed by atoms with Crippen molar-refractivity contribution < 1.29 is 4.79 Å². The zero-order valence-electron chi connectivity index (χ0n) is 9.30. The second-order valence-electron chi connectivity index (χ2n) is 7.34. The molecule has 1 N–H and O–H groups in total. The van der Waals surface area contributed by atoms with Crippen molar-refractivity contribution in [2.24, 2.45) is 53.3 Å². The number of carbonyl (C=O) groups excluding carboxylic acids is 1. The molecule has 7 fully saturated rings. The summed E-state index contributed by atoms with van der Waals surface area (Å²) in [5.74, 6) is 9.07. The molecule has 6 bridgehead atoms. The summed E-state index contributed by atoms with van der Waals surface area (Å²) in [6, 6.07) is 0.565. The molecule has 0 spiro atoms. The maximum Gasteiger partial charge on any atom is 0.223 e. The summed E-state index contributed by atoms with van der Waals surface area (Å²) in [4.78, 5) is 12.1. The molecule has 84 valence electrons. The predicted molar refractivity (Wildman–Crippen MR) is 57.2 cm³/mol. The van der Waals surface area contributed by atoms with E-state index in [1.165, 1.54) is 12.8 Å². The van der Waals surface area contributed by atoms with Crippen molar-refractivity contribution in [2.45, 2.75) is 25.3 Å². The van der Waals surface area contributed by atoms with Crippen molar-refractivity contribution >= 4 is 5.91 Å². The van der Waals surface area contributed by atoms with Gasteiger partial charge in [-0.1, -0.05) is 0 Å². The van der Waals surface area contributed by atoms with Crippen LogP contribution in [0.25, 0.3) is 0 Å². The molecular weight excluding hydrogens is 198 g/mol. The van der Waals surface area contributed by atoms with Crippen LogP contribution < -0.4 is 5.32 Å². The summed E-state index contributed by atoms with van der Waals surface area (Å²) in [5.41, 5.74) is 0. The summed E-state index contributed by atoms with van der Waals surface area (Å²) < 4.78 is 0. The van der Waals surface area contributed by atoms with E-state index in [-0.39, 0.29) is 0 Å². The molecule has 0 unspecified atom stereocenters. The summed E-state index contributed by atoms with van der Waals surface area (Å²) >= 11 is 0. The van der Waals surface area contributed by atoms with Gasteiger partial charge in [-0.2, -0.15) is 0 Å². The van der Waals surface area contributed by atoms with Crippen LogP contribution in [0.3, 0.4) is 0 Å². The Morgan fingerprint density at radius 3 is 1.94 bits per heavy atom. The number of nitrogens with one attached hydrogen (secondary N) is 1. The lowest BCUT2D eigenvalue weighted by Crippen LogP contribution is -2.30. The molecule has 1 amide bonds. The molecule has 0 aromatic rings. The molecule has 7 aliphatic carbocycles. The van der Waals surface area contributed by atoms with Gasteiger partial charge in [-0.05, 0) is 66.6 Å². The van der Waals surface area contributed by atoms with E-state index in [2.05, 4.69) is 5.32 Å². The lowest BCUT2D eigenvalue weighted by molar-refractivity contribution is -0.123. The van der Waals surface area contributed by atoms with Crippen LogP contribution in [0.4, 0.5) is 0 Å². The number of amides is 1. The SMILES string of the molecule is O=C(NC1CC1)C1[C@H]2[C@H]3C4CC5[C@H]3[C@H]5[C@H]4[C@H]12. The Kier molecular flexibility index (Phi) is 0.954. The van der Waals surface area contributed by atoms with Gasteiger partial charge in [-0.25, -0.2) is 0 Å². The Balaban J connectivity index is 1.30. The van der Waals surface area contributed by atoms with E-state index < -0.39 is 0 Å². The minimum absolute atomic E-state index is 0.436. The van der Waals surface area contributed by atoms with Crippen molar-refractivity contribution in [3.63, 3.8) is 0 Å². The molecule has 0 aliphatic heterocycles. The van der Waals surface area contributed by atoms with Gasteiger partial charge in [-0.15, -0.1) is 0 Å². The molecule has 0 aromatic heterocycles. The summed E-state index contributed by atoms with van der Waals surface area (Å²) in [6.07, 6.45) is 4.02. The third-order valence-corrected chi connectivity index (χ3v) is 6.96. The molecule has 16 heavy (non-hydrogen) atoms. The van der Waals surface area contributed by atoms with Crippen LogP contribution >= 0.6 is 0 Å². The lowest BCUT2D eigenvalue weighted by Gasteiger charge is -2.15. The standard InChI is InChI=1S/C14H17NO/c16-14(15-4-1-2-4)13-11-9-6-3-5-7(9)8(5)10(6)12(11)13/h4-13H,1-3H2,(H,15,16)/t5?,6?,7-,8-,9-,10-,11-,12-,13?/m0/s1. The zero-order chi connectivity index (χ0) is 10.2. The van der Waals surface area contributed by atoms with Crippen LogP contribution in [0.5, 0.6) is 0 Å². The first-order valence-electron chi connectivity index (χ1n) is 7.16. The van der Waals surface area contributed by atoms with Crippen LogP contribution in [0.2, 0.25) is 0 Å². The first kappa shape index (κ1) is 7.73. The molecule has 0 saturated heterocycles. The number of carbonyl (C=O) groups is 1. The van der Waals surface area contributed by atoms with E-state index in [0.717, 1.165) is 47.3 Å². The van der Waals surface area contributed by atoms with Crippen molar-refractivity contribution in [1.29, 1.82) is 0 Å². The molecule has 7 rings (SSSR count). The average molecular weight is 215 g/mol. The normalized spacial score (nSPS) is 70.4. The van der Waals surface area contributed by atoms with E-state index >= 15 is 0 Å². The van der Waals surface area contributed by atoms with Crippen LogP contribution in [0.1, 0.15) is 19.3 Å². The van der Waals surface area contributed by atoms with Crippen LogP contribution in [-0.2, 0) is 4.79 Å². The molecule has 0 aromatic carbocycles. The van der Waals surface area contributed by atoms with Gasteiger partial charge in [-0.3, -0.25) is 4.79 Å². The Hall–Kier alpha value is -0.530. The number of rotatable bonds is 2. The minimum atomic E-state index is 0.436. The Bertz CT molecular complexity index is 404. The lowest BCUT2D eigenvalue weighted by atomic mass is 9.91. The van der Waals surface area contributed by atoms with E-state index in [1.54, 1.807) is 6.42 Å². The predicted octanol–water partition coefficient (Wildman–Crippen LogP) is 1.27. The largest absolute Gasteiger partial charge is 0.353 e. The maximum atomic E-state index is 12.1. The van der Waals surface area contributed by atoms with Crippen molar-refractivity contribution in [3.05, 3.63) is 0 Å². The first-order chi connectivity index (χ1) is 7.86. The molecule has 7 aliphatic rings. The smallest absolute Gasteiger partial charge is 0.223 e. The molecular formula is C14H17NO. The molecule has 7 saturated carbocycles. The van der Waals surface area contributed by atoms with Gasteiger partial charge in [0.05, 0.1) is 0 Å². The van der Waals surface area contributed by atoms with E-state index in [9.17, 15) is 4.79 Å². The van der Waals surface area contributed by atoms with Gasteiger partial charge in [0.1, 0.15) is 0 Å². The number of hydrogen-bond acceptors (Lipinski definition) is 1. The van der Waals surface area contributed by atoms with Gasteiger partial charge in [0.15, 0.2) is 0 Å². The van der Waals surface area contributed by atoms with E-state index in [0.29, 0.717) is 17.9 Å². The maximum absolute atomic E-state index is 12.1. The highest BCUT2D eigenvalue weighted by molar-refractivity contribution is 5.83. The first-order valence-corrected chi connectivity index (χ1v) is 7.16. The van der Waals surface area contributed by atoms with Gasteiger partial charge in [0.2, 0.25) is 5.91 Å². The molecule has 2 nitrogen and oxygen atoms in total. The van der Waals surface area contributed by atoms with Crippen LogP contribution in [-0.4, -0.2) is 11.9 Å². The number of fused-ring (bicyclic) bond motifs is 1. The summed E-state index contributed by atoms with van der Waals surface area (Å²) in [7, 11) is 0. The Labute approximate surface area is 95.2 Å². The van der Waals surface area contributed by atoms with Gasteiger partial charge in [0.25, 0.3) is 0 Å². The second kappa shape index (κ2) is 1.97.